The van der Waals surface area contributed by atoms with Gasteiger partial charge in [-0.05, 0) is 38.6 Å². The molecular weight excluding hydrogens is 288 g/mol. The molecule has 0 aliphatic heterocycles. The number of methoxy groups -OCH3 is 1. The number of hydrogen-bond donors (Lipinski definition) is 2. The van der Waals surface area contributed by atoms with Crippen LogP contribution in [0.5, 0.6) is 5.75 Å². The molecule has 5 nitrogen and oxygen atoms in total. The number of unbranched alkanes of at least 4 members (excludes halogenated alkanes) is 1. The van der Waals surface area contributed by atoms with Crippen LogP contribution >= 0.6 is 11.6 Å². The number of halogens is 1. The van der Waals surface area contributed by atoms with Crippen molar-refractivity contribution in [3.05, 3.63) is 23.2 Å². The molecule has 0 fully saturated rings. The molecule has 0 aliphatic rings. The summed E-state index contributed by atoms with van der Waals surface area (Å²) in [4.78, 5) is 0. The standard InChI is InChI=1S/C12H19ClN2O3S/c1-14-7-3-4-8-19(16,17)15-10-5-6-11(13)12(9-10)18-2/h5-6,9,14-15H,3-4,7-8H2,1-2H3. The third-order valence-electron chi connectivity index (χ3n) is 2.51. The van der Waals surface area contributed by atoms with E-state index in [1.807, 2.05) is 7.05 Å². The summed E-state index contributed by atoms with van der Waals surface area (Å²) >= 11 is 5.88. The van der Waals surface area contributed by atoms with E-state index >= 15 is 0 Å². The van der Waals surface area contributed by atoms with Crippen LogP contribution in [0.15, 0.2) is 18.2 Å². The zero-order chi connectivity index (χ0) is 14.3. The molecule has 0 heterocycles. The van der Waals surface area contributed by atoms with Gasteiger partial charge in [0.2, 0.25) is 10.0 Å². The highest BCUT2D eigenvalue weighted by Gasteiger charge is 2.11. The van der Waals surface area contributed by atoms with Gasteiger partial charge in [0.15, 0.2) is 0 Å². The summed E-state index contributed by atoms with van der Waals surface area (Å²) in [5.41, 5.74) is 0.454. The normalized spacial score (nSPS) is 11.3. The summed E-state index contributed by atoms with van der Waals surface area (Å²) in [6, 6.07) is 4.77. The van der Waals surface area contributed by atoms with E-state index in [1.54, 1.807) is 18.2 Å². The van der Waals surface area contributed by atoms with Gasteiger partial charge in [-0.1, -0.05) is 11.6 Å². The monoisotopic (exact) mass is 306 g/mol. The molecule has 0 saturated heterocycles. The maximum absolute atomic E-state index is 11.8. The third kappa shape index (κ3) is 5.67. The van der Waals surface area contributed by atoms with Gasteiger partial charge in [0.05, 0.1) is 23.6 Å². The van der Waals surface area contributed by atoms with Gasteiger partial charge in [-0.25, -0.2) is 8.42 Å². The van der Waals surface area contributed by atoms with Crippen LogP contribution in [0.4, 0.5) is 5.69 Å². The Morgan fingerprint density at radius 3 is 2.68 bits per heavy atom. The van der Waals surface area contributed by atoms with Crippen LogP contribution in [0.3, 0.4) is 0 Å². The van der Waals surface area contributed by atoms with Crippen molar-refractivity contribution in [2.24, 2.45) is 0 Å². The van der Waals surface area contributed by atoms with E-state index in [4.69, 9.17) is 16.3 Å². The van der Waals surface area contributed by atoms with E-state index in [9.17, 15) is 8.42 Å². The smallest absolute Gasteiger partial charge is 0.232 e. The molecule has 1 aromatic rings. The highest BCUT2D eigenvalue weighted by Crippen LogP contribution is 2.27. The Morgan fingerprint density at radius 2 is 2.05 bits per heavy atom. The molecule has 0 spiro atoms. The highest BCUT2D eigenvalue weighted by atomic mass is 35.5. The van der Waals surface area contributed by atoms with Gasteiger partial charge in [-0.15, -0.1) is 0 Å². The van der Waals surface area contributed by atoms with E-state index in [2.05, 4.69) is 10.0 Å². The quantitative estimate of drug-likeness (QED) is 0.722. The van der Waals surface area contributed by atoms with Crippen LogP contribution in [0.1, 0.15) is 12.8 Å². The molecule has 1 aromatic carbocycles. The zero-order valence-corrected chi connectivity index (χ0v) is 12.6. The van der Waals surface area contributed by atoms with E-state index in [0.717, 1.165) is 13.0 Å². The molecule has 0 saturated carbocycles. The van der Waals surface area contributed by atoms with Crippen LogP contribution in [0, 0.1) is 0 Å². The number of hydrogen-bond acceptors (Lipinski definition) is 4. The molecule has 0 aliphatic carbocycles. The van der Waals surface area contributed by atoms with Crippen molar-refractivity contribution in [3.63, 3.8) is 0 Å². The first kappa shape index (κ1) is 16.1. The Kier molecular flexibility index (Phi) is 6.41. The second kappa shape index (κ2) is 7.57. The van der Waals surface area contributed by atoms with Crippen molar-refractivity contribution in [3.8, 4) is 5.75 Å². The van der Waals surface area contributed by atoms with Gasteiger partial charge >= 0.3 is 0 Å². The van der Waals surface area contributed by atoms with E-state index < -0.39 is 10.0 Å². The Morgan fingerprint density at radius 1 is 1.32 bits per heavy atom. The Labute approximate surface area is 119 Å². The predicted molar refractivity (Wildman–Crippen MR) is 78.6 cm³/mol. The average Bonchev–Trinajstić information content (AvgIpc) is 2.37. The summed E-state index contributed by atoms with van der Waals surface area (Å²) in [5.74, 6) is 0.539. The second-order valence-corrected chi connectivity index (χ2v) is 6.33. The third-order valence-corrected chi connectivity index (χ3v) is 4.20. The van der Waals surface area contributed by atoms with Crippen molar-refractivity contribution < 1.29 is 13.2 Å². The van der Waals surface area contributed by atoms with Gasteiger partial charge in [0.25, 0.3) is 0 Å². The van der Waals surface area contributed by atoms with Gasteiger partial charge in [-0.3, -0.25) is 4.72 Å². The summed E-state index contributed by atoms with van der Waals surface area (Å²) in [6.07, 6.45) is 1.43. The minimum Gasteiger partial charge on any atom is -0.495 e. The Hall–Kier alpha value is -0.980. The molecule has 0 unspecified atom stereocenters. The van der Waals surface area contributed by atoms with Gasteiger partial charge < -0.3 is 10.1 Å². The fourth-order valence-corrected chi connectivity index (χ4v) is 2.91. The SMILES string of the molecule is CNCCCCS(=O)(=O)Nc1ccc(Cl)c(OC)c1. The largest absolute Gasteiger partial charge is 0.495 e. The number of ether oxygens (including phenoxy) is 1. The maximum Gasteiger partial charge on any atom is 0.232 e. The maximum atomic E-state index is 11.8. The van der Waals surface area contributed by atoms with Gasteiger partial charge in [0.1, 0.15) is 5.75 Å². The lowest BCUT2D eigenvalue weighted by atomic mass is 10.3. The van der Waals surface area contributed by atoms with Crippen LogP contribution in [0.25, 0.3) is 0 Å². The number of anilines is 1. The zero-order valence-electron chi connectivity index (χ0n) is 11.1. The van der Waals surface area contributed by atoms with Crippen molar-refractivity contribution in [2.45, 2.75) is 12.8 Å². The fraction of sp³-hybridized carbons (Fsp3) is 0.500. The summed E-state index contributed by atoms with van der Waals surface area (Å²) in [5, 5.41) is 3.42. The van der Waals surface area contributed by atoms with Crippen LogP contribution in [-0.4, -0.2) is 34.9 Å². The molecule has 7 heteroatoms. The number of sulfonamides is 1. The Bertz CT molecular complexity index is 506. The fourth-order valence-electron chi connectivity index (χ4n) is 1.55. The molecule has 1 rings (SSSR count). The average molecular weight is 307 g/mol. The molecule has 0 aromatic heterocycles. The molecule has 2 N–H and O–H groups in total. The molecule has 0 atom stereocenters. The molecule has 19 heavy (non-hydrogen) atoms. The van der Waals surface area contributed by atoms with Gasteiger partial charge in [-0.2, -0.15) is 0 Å². The lowest BCUT2D eigenvalue weighted by Gasteiger charge is -2.10. The first-order valence-corrected chi connectivity index (χ1v) is 8.00. The first-order valence-electron chi connectivity index (χ1n) is 5.97. The Balaban J connectivity index is 2.62. The van der Waals surface area contributed by atoms with E-state index in [1.165, 1.54) is 7.11 Å². The summed E-state index contributed by atoms with van der Waals surface area (Å²) in [6.45, 7) is 0.810. The molecule has 0 radical (unpaired) electrons. The minimum absolute atomic E-state index is 0.0968. The van der Waals surface area contributed by atoms with Gasteiger partial charge in [0, 0.05) is 6.07 Å². The number of benzene rings is 1. The highest BCUT2D eigenvalue weighted by molar-refractivity contribution is 7.92. The van der Waals surface area contributed by atoms with Crippen molar-refractivity contribution in [2.75, 3.05) is 31.2 Å². The van der Waals surface area contributed by atoms with Crippen LogP contribution in [-0.2, 0) is 10.0 Å². The molecule has 0 bridgehead atoms. The van der Waals surface area contributed by atoms with E-state index in [0.29, 0.717) is 22.9 Å². The van der Waals surface area contributed by atoms with E-state index in [-0.39, 0.29) is 5.75 Å². The van der Waals surface area contributed by atoms with Crippen molar-refractivity contribution >= 4 is 27.3 Å². The summed E-state index contributed by atoms with van der Waals surface area (Å²) < 4.78 is 31.2. The minimum atomic E-state index is -3.33. The lowest BCUT2D eigenvalue weighted by Crippen LogP contribution is -2.18. The predicted octanol–water partition coefficient (Wildman–Crippen LogP) is 2.09. The van der Waals surface area contributed by atoms with Crippen LogP contribution in [0.2, 0.25) is 5.02 Å². The lowest BCUT2D eigenvalue weighted by molar-refractivity contribution is 0.415. The molecule has 0 amide bonds. The number of nitrogens with one attached hydrogen (secondary N) is 2. The molecular formula is C12H19ClN2O3S. The second-order valence-electron chi connectivity index (χ2n) is 4.08. The van der Waals surface area contributed by atoms with Crippen LogP contribution < -0.4 is 14.8 Å². The first-order chi connectivity index (χ1) is 8.98. The molecule has 108 valence electrons. The number of rotatable bonds is 8. The van der Waals surface area contributed by atoms with Crippen molar-refractivity contribution in [1.82, 2.24) is 5.32 Å². The van der Waals surface area contributed by atoms with Crippen molar-refractivity contribution in [1.29, 1.82) is 0 Å². The topological polar surface area (TPSA) is 67.4 Å². The summed E-state index contributed by atoms with van der Waals surface area (Å²) in [7, 11) is -0.00595.